The number of carbonyl (C=O) groups is 2. The van der Waals surface area contributed by atoms with Gasteiger partial charge in [0.25, 0.3) is 11.8 Å². The Kier molecular flexibility index (Phi) is 6.23. The first kappa shape index (κ1) is 24.5. The van der Waals surface area contributed by atoms with Crippen molar-refractivity contribution in [1.82, 2.24) is 15.8 Å². The van der Waals surface area contributed by atoms with Crippen molar-refractivity contribution in [3.8, 4) is 0 Å². The van der Waals surface area contributed by atoms with Gasteiger partial charge in [0, 0.05) is 5.70 Å². The molecule has 4 N–H and O–H groups in total. The van der Waals surface area contributed by atoms with Gasteiger partial charge in [-0.15, -0.1) is 0 Å². The molecular weight excluding hydrogens is 487 g/mol. The van der Waals surface area contributed by atoms with E-state index < -0.39 is 51.7 Å². The Morgan fingerprint density at radius 2 is 1.63 bits per heavy atom. The van der Waals surface area contributed by atoms with Crippen LogP contribution in [0.25, 0.3) is 0 Å². The molecule has 2 aromatic carbocycles. The van der Waals surface area contributed by atoms with Crippen LogP contribution in [0.4, 0.5) is 24.5 Å². The van der Waals surface area contributed by atoms with E-state index in [1.54, 1.807) is 42.5 Å². The number of hydrazine groups is 1. The summed E-state index contributed by atoms with van der Waals surface area (Å²) < 4.78 is 67.2. The summed E-state index contributed by atoms with van der Waals surface area (Å²) in [6, 6.07) is 11.8. The van der Waals surface area contributed by atoms with E-state index in [-0.39, 0.29) is 17.1 Å². The number of nitrogens with zero attached hydrogens (tertiary/aromatic N) is 1. The lowest BCUT2D eigenvalue weighted by Gasteiger charge is -2.34. The van der Waals surface area contributed by atoms with Gasteiger partial charge >= 0.3 is 6.18 Å². The number of sulfonamides is 1. The first-order valence-corrected chi connectivity index (χ1v) is 12.3. The van der Waals surface area contributed by atoms with Crippen molar-refractivity contribution < 1.29 is 31.2 Å². The number of rotatable bonds is 5. The number of anilines is 2. The molecule has 2 aliphatic rings. The molecule has 3 unspecified atom stereocenters. The maximum atomic E-state index is 13.9. The summed E-state index contributed by atoms with van der Waals surface area (Å²) in [5.41, 5.74) is 2.43. The van der Waals surface area contributed by atoms with Gasteiger partial charge in [0.15, 0.2) is 0 Å². The second kappa shape index (κ2) is 8.89. The van der Waals surface area contributed by atoms with Crippen LogP contribution in [0.3, 0.4) is 0 Å². The Morgan fingerprint density at radius 1 is 1.03 bits per heavy atom. The van der Waals surface area contributed by atoms with Crippen LogP contribution in [0.15, 0.2) is 65.9 Å². The number of para-hydroxylation sites is 2. The molecule has 9 nitrogen and oxygen atoms in total. The minimum atomic E-state index is -4.67. The molecule has 186 valence electrons. The maximum absolute atomic E-state index is 13.9. The zero-order valence-corrected chi connectivity index (χ0v) is 19.4. The molecule has 3 atom stereocenters. The lowest BCUT2D eigenvalue weighted by atomic mass is 9.89. The maximum Gasteiger partial charge on any atom is 0.406 e. The Bertz CT molecular complexity index is 1300. The van der Waals surface area contributed by atoms with Gasteiger partial charge in [0.1, 0.15) is 17.8 Å². The summed E-state index contributed by atoms with van der Waals surface area (Å²) in [6.45, 7) is 1.42. The Hall–Kier alpha value is -3.58. The third-order valence-electron chi connectivity index (χ3n) is 5.66. The minimum Gasteiger partial charge on any atom is -0.366 e. The van der Waals surface area contributed by atoms with Crippen LogP contribution in [-0.4, -0.2) is 49.9 Å². The highest BCUT2D eigenvalue weighted by molar-refractivity contribution is 7.92. The topological polar surface area (TPSA) is 120 Å². The summed E-state index contributed by atoms with van der Waals surface area (Å²) in [6.07, 6.45) is -4.83. The normalized spacial score (nSPS) is 22.5. The highest BCUT2D eigenvalue weighted by Crippen LogP contribution is 2.41. The quantitative estimate of drug-likeness (QED) is 0.459. The molecule has 35 heavy (non-hydrogen) atoms. The summed E-state index contributed by atoms with van der Waals surface area (Å²) in [5, 5.41) is 6.14. The van der Waals surface area contributed by atoms with E-state index in [4.69, 9.17) is 0 Å². The Balaban J connectivity index is 1.65. The van der Waals surface area contributed by atoms with E-state index in [1.165, 1.54) is 19.1 Å². The number of alkyl halides is 3. The molecule has 2 aromatic rings. The molecule has 1 saturated heterocycles. The van der Waals surface area contributed by atoms with Crippen LogP contribution < -0.4 is 20.8 Å². The van der Waals surface area contributed by atoms with Gasteiger partial charge in [-0.2, -0.15) is 13.2 Å². The molecule has 0 spiro atoms. The SMILES string of the molecule is CC1=C(C(=O)Nc2ccccc2NS(C)(=O)=O)C(=O)N2NC(C(F)(F)F)C(c3ccccc3)C2N1. The smallest absolute Gasteiger partial charge is 0.366 e. The monoisotopic (exact) mass is 509 g/mol. The van der Waals surface area contributed by atoms with Crippen molar-refractivity contribution in [3.63, 3.8) is 0 Å². The molecule has 2 aliphatic heterocycles. The van der Waals surface area contributed by atoms with Crippen LogP contribution in [0, 0.1) is 0 Å². The zero-order chi connectivity index (χ0) is 25.5. The lowest BCUT2D eigenvalue weighted by Crippen LogP contribution is -2.56. The predicted molar refractivity (Wildman–Crippen MR) is 122 cm³/mol. The summed E-state index contributed by atoms with van der Waals surface area (Å²) >= 11 is 0. The Labute approximate surface area is 199 Å². The fourth-order valence-electron chi connectivity index (χ4n) is 4.23. The number of hydrogen-bond donors (Lipinski definition) is 4. The van der Waals surface area contributed by atoms with Crippen LogP contribution >= 0.6 is 0 Å². The van der Waals surface area contributed by atoms with E-state index in [9.17, 15) is 31.2 Å². The first-order valence-electron chi connectivity index (χ1n) is 10.4. The van der Waals surface area contributed by atoms with E-state index in [1.807, 2.05) is 0 Å². The highest BCUT2D eigenvalue weighted by atomic mass is 32.2. The average molecular weight is 510 g/mol. The fourth-order valence-corrected chi connectivity index (χ4v) is 4.80. The predicted octanol–water partition coefficient (Wildman–Crippen LogP) is 2.26. The van der Waals surface area contributed by atoms with Crippen molar-refractivity contribution in [3.05, 3.63) is 71.4 Å². The van der Waals surface area contributed by atoms with E-state index in [0.717, 1.165) is 11.3 Å². The van der Waals surface area contributed by atoms with E-state index >= 15 is 0 Å². The average Bonchev–Trinajstić information content (AvgIpc) is 3.15. The molecule has 0 aromatic heterocycles. The molecule has 0 bridgehead atoms. The van der Waals surface area contributed by atoms with Gasteiger partial charge < -0.3 is 10.6 Å². The third-order valence-corrected chi connectivity index (χ3v) is 6.25. The van der Waals surface area contributed by atoms with Gasteiger partial charge in [-0.3, -0.25) is 14.3 Å². The minimum absolute atomic E-state index is 0.0660. The number of hydrogen-bond acceptors (Lipinski definition) is 6. The molecule has 0 radical (unpaired) electrons. The van der Waals surface area contributed by atoms with Crippen molar-refractivity contribution in [1.29, 1.82) is 0 Å². The van der Waals surface area contributed by atoms with Crippen LogP contribution in [0.5, 0.6) is 0 Å². The molecular formula is C22H22F3N5O4S. The largest absolute Gasteiger partial charge is 0.406 e. The summed E-state index contributed by atoms with van der Waals surface area (Å²) in [4.78, 5) is 26.3. The lowest BCUT2D eigenvalue weighted by molar-refractivity contribution is -0.161. The number of carbonyl (C=O) groups excluding carboxylic acids is 2. The van der Waals surface area contributed by atoms with Gasteiger partial charge in [-0.05, 0) is 24.6 Å². The second-order valence-corrected chi connectivity index (χ2v) is 9.97. The molecule has 4 rings (SSSR count). The molecule has 13 heteroatoms. The number of allylic oxidation sites excluding steroid dienone is 1. The number of benzene rings is 2. The van der Waals surface area contributed by atoms with Crippen LogP contribution in [0.1, 0.15) is 18.4 Å². The fraction of sp³-hybridized carbons (Fsp3) is 0.273. The van der Waals surface area contributed by atoms with Crippen molar-refractivity contribution in [2.24, 2.45) is 0 Å². The van der Waals surface area contributed by atoms with Crippen molar-refractivity contribution in [2.75, 3.05) is 16.3 Å². The number of halogens is 3. The standard InChI is InChI=1S/C22H22F3N5O4S/c1-12-16(20(31)27-14-10-6-7-11-15(14)29-35(2,33)34)21(32)30-19(26-12)17(13-8-4-3-5-9-13)18(28-30)22(23,24)25/h3-11,17-19,26,28-29H,1-2H3,(H,27,31). The van der Waals surface area contributed by atoms with Crippen LogP contribution in [-0.2, 0) is 19.6 Å². The summed E-state index contributed by atoms with van der Waals surface area (Å²) in [5.74, 6) is -3.01. The van der Waals surface area contributed by atoms with Gasteiger partial charge in [0.2, 0.25) is 10.0 Å². The molecule has 0 aliphatic carbocycles. The number of fused-ring (bicyclic) bond motifs is 1. The highest BCUT2D eigenvalue weighted by Gasteiger charge is 2.58. The van der Waals surface area contributed by atoms with Crippen LogP contribution in [0.2, 0.25) is 0 Å². The van der Waals surface area contributed by atoms with Gasteiger partial charge in [-0.25, -0.2) is 18.9 Å². The first-order chi connectivity index (χ1) is 16.4. The van der Waals surface area contributed by atoms with Gasteiger partial charge in [0.05, 0.1) is 23.5 Å². The molecule has 0 saturated carbocycles. The second-order valence-electron chi connectivity index (χ2n) is 8.22. The number of amides is 2. The van der Waals surface area contributed by atoms with E-state index in [2.05, 4.69) is 20.8 Å². The van der Waals surface area contributed by atoms with Crippen molar-refractivity contribution >= 4 is 33.2 Å². The van der Waals surface area contributed by atoms with Crippen molar-refractivity contribution in [2.45, 2.75) is 31.2 Å². The van der Waals surface area contributed by atoms with E-state index in [0.29, 0.717) is 5.56 Å². The third kappa shape index (κ3) is 4.95. The molecule has 1 fully saturated rings. The Morgan fingerprint density at radius 3 is 2.23 bits per heavy atom. The molecule has 2 amide bonds. The number of nitrogens with one attached hydrogen (secondary N) is 4. The zero-order valence-electron chi connectivity index (χ0n) is 18.6. The molecule has 2 heterocycles. The van der Waals surface area contributed by atoms with Gasteiger partial charge in [-0.1, -0.05) is 42.5 Å². The summed E-state index contributed by atoms with van der Waals surface area (Å²) in [7, 11) is -3.66.